The van der Waals surface area contributed by atoms with Crippen LogP contribution in [-0.4, -0.2) is 27.0 Å². The van der Waals surface area contributed by atoms with E-state index >= 15 is 0 Å². The lowest BCUT2D eigenvalue weighted by atomic mass is 10.1. The minimum absolute atomic E-state index is 0.0438. The fraction of sp³-hybridized carbons (Fsp3) is 0.368. The van der Waals surface area contributed by atoms with Crippen molar-refractivity contribution in [1.29, 1.82) is 0 Å². The van der Waals surface area contributed by atoms with Gasteiger partial charge in [-0.1, -0.05) is 18.1 Å². The highest BCUT2D eigenvalue weighted by molar-refractivity contribution is 5.96. The Hall–Kier alpha value is -2.56. The number of H-pyrrole nitrogens is 1. The van der Waals surface area contributed by atoms with Crippen LogP contribution < -0.4 is 0 Å². The Balaban J connectivity index is 1.64. The Kier molecular flexibility index (Phi) is 3.63. The van der Waals surface area contributed by atoms with E-state index in [0.29, 0.717) is 30.3 Å². The SMILES string of the molecule is CCc1noc(C)c1C(=O)N(Cc1ccc2[nH]ccc2c1)C1CC1. The minimum Gasteiger partial charge on any atom is -0.361 e. The summed E-state index contributed by atoms with van der Waals surface area (Å²) in [4.78, 5) is 18.3. The Labute approximate surface area is 140 Å². The van der Waals surface area contributed by atoms with E-state index in [9.17, 15) is 4.79 Å². The van der Waals surface area contributed by atoms with Gasteiger partial charge >= 0.3 is 0 Å². The molecule has 2 aromatic heterocycles. The summed E-state index contributed by atoms with van der Waals surface area (Å²) in [6.07, 6.45) is 4.78. The van der Waals surface area contributed by atoms with Crippen LogP contribution in [0.15, 0.2) is 35.0 Å². The molecule has 1 aromatic carbocycles. The molecule has 0 bridgehead atoms. The van der Waals surface area contributed by atoms with Gasteiger partial charge < -0.3 is 14.4 Å². The molecule has 1 N–H and O–H groups in total. The fourth-order valence-corrected chi connectivity index (χ4v) is 3.23. The van der Waals surface area contributed by atoms with E-state index in [1.165, 1.54) is 5.39 Å². The van der Waals surface area contributed by atoms with Crippen molar-refractivity contribution < 1.29 is 9.32 Å². The highest BCUT2D eigenvalue weighted by Gasteiger charge is 2.35. The molecule has 0 aliphatic heterocycles. The van der Waals surface area contributed by atoms with Crippen LogP contribution in [0.2, 0.25) is 0 Å². The highest BCUT2D eigenvalue weighted by atomic mass is 16.5. The van der Waals surface area contributed by atoms with E-state index in [2.05, 4.69) is 34.4 Å². The molecule has 0 atom stereocenters. The summed E-state index contributed by atoms with van der Waals surface area (Å²) in [7, 11) is 0. The standard InChI is InChI=1S/C19H21N3O2/c1-3-16-18(12(2)24-21-16)19(23)22(15-5-6-15)11-13-4-7-17-14(10-13)8-9-20-17/h4,7-10,15,20H,3,5-6,11H2,1-2H3. The molecule has 124 valence electrons. The Morgan fingerprint density at radius 3 is 2.96 bits per heavy atom. The van der Waals surface area contributed by atoms with Crippen molar-refractivity contribution in [2.24, 2.45) is 0 Å². The number of carbonyl (C=O) groups excluding carboxylic acids is 1. The molecule has 3 aromatic rings. The summed E-state index contributed by atoms with van der Waals surface area (Å²) in [5, 5.41) is 5.20. The second-order valence-corrected chi connectivity index (χ2v) is 6.48. The predicted molar refractivity (Wildman–Crippen MR) is 91.8 cm³/mol. The fourth-order valence-electron chi connectivity index (χ4n) is 3.23. The largest absolute Gasteiger partial charge is 0.361 e. The van der Waals surface area contributed by atoms with E-state index in [1.54, 1.807) is 0 Å². The molecule has 1 amide bonds. The second-order valence-electron chi connectivity index (χ2n) is 6.48. The van der Waals surface area contributed by atoms with Crippen LogP contribution in [0.4, 0.5) is 0 Å². The first-order valence-electron chi connectivity index (χ1n) is 8.49. The van der Waals surface area contributed by atoms with Crippen LogP contribution in [0.5, 0.6) is 0 Å². The molecule has 4 rings (SSSR count). The summed E-state index contributed by atoms with van der Waals surface area (Å²) in [6.45, 7) is 4.43. The van der Waals surface area contributed by atoms with Crippen molar-refractivity contribution in [3.8, 4) is 0 Å². The third kappa shape index (κ3) is 2.60. The molecule has 1 saturated carbocycles. The van der Waals surface area contributed by atoms with Crippen molar-refractivity contribution in [3.05, 3.63) is 53.0 Å². The molecule has 0 spiro atoms. The lowest BCUT2D eigenvalue weighted by Gasteiger charge is -2.22. The lowest BCUT2D eigenvalue weighted by molar-refractivity contribution is 0.0727. The van der Waals surface area contributed by atoms with Crippen LogP contribution in [0.3, 0.4) is 0 Å². The zero-order valence-electron chi connectivity index (χ0n) is 14.0. The first-order valence-corrected chi connectivity index (χ1v) is 8.49. The van der Waals surface area contributed by atoms with Gasteiger partial charge in [-0.2, -0.15) is 0 Å². The van der Waals surface area contributed by atoms with Crippen LogP contribution >= 0.6 is 0 Å². The topological polar surface area (TPSA) is 62.1 Å². The Bertz CT molecular complexity index is 889. The van der Waals surface area contributed by atoms with Gasteiger partial charge in [0, 0.05) is 24.3 Å². The van der Waals surface area contributed by atoms with Crippen molar-refractivity contribution in [2.75, 3.05) is 0 Å². The van der Waals surface area contributed by atoms with Gasteiger partial charge in [-0.25, -0.2) is 0 Å². The number of aryl methyl sites for hydroxylation is 2. The van der Waals surface area contributed by atoms with Crippen LogP contribution in [-0.2, 0) is 13.0 Å². The van der Waals surface area contributed by atoms with Gasteiger partial charge in [0.2, 0.25) is 0 Å². The molecule has 1 aliphatic rings. The van der Waals surface area contributed by atoms with E-state index in [1.807, 2.05) is 24.9 Å². The molecule has 1 fully saturated rings. The third-order valence-electron chi connectivity index (χ3n) is 4.70. The summed E-state index contributed by atoms with van der Waals surface area (Å²) in [5.74, 6) is 0.658. The minimum atomic E-state index is 0.0438. The smallest absolute Gasteiger partial charge is 0.259 e. The van der Waals surface area contributed by atoms with Crippen molar-refractivity contribution in [1.82, 2.24) is 15.0 Å². The third-order valence-corrected chi connectivity index (χ3v) is 4.70. The number of rotatable bonds is 5. The van der Waals surface area contributed by atoms with E-state index in [4.69, 9.17) is 4.52 Å². The normalized spacial score (nSPS) is 14.2. The highest BCUT2D eigenvalue weighted by Crippen LogP contribution is 2.31. The first-order chi connectivity index (χ1) is 11.7. The number of nitrogens with zero attached hydrogens (tertiary/aromatic N) is 2. The number of benzene rings is 1. The maximum Gasteiger partial charge on any atom is 0.259 e. The molecular formula is C19H21N3O2. The molecule has 5 heteroatoms. The summed E-state index contributed by atoms with van der Waals surface area (Å²) in [5.41, 5.74) is 3.66. The summed E-state index contributed by atoms with van der Waals surface area (Å²) in [6, 6.07) is 8.70. The molecular weight excluding hydrogens is 302 g/mol. The van der Waals surface area contributed by atoms with Gasteiger partial charge in [0.25, 0.3) is 5.91 Å². The van der Waals surface area contributed by atoms with Crippen molar-refractivity contribution in [2.45, 2.75) is 45.7 Å². The molecule has 5 nitrogen and oxygen atoms in total. The number of hydrogen-bond donors (Lipinski definition) is 1. The summed E-state index contributed by atoms with van der Waals surface area (Å²) < 4.78 is 5.25. The monoisotopic (exact) mass is 323 g/mol. The molecule has 0 saturated heterocycles. The second kappa shape index (κ2) is 5.82. The average Bonchev–Trinajstić information content (AvgIpc) is 3.20. The van der Waals surface area contributed by atoms with E-state index < -0.39 is 0 Å². The average molecular weight is 323 g/mol. The van der Waals surface area contributed by atoms with Crippen LogP contribution in [0.25, 0.3) is 10.9 Å². The number of nitrogens with one attached hydrogen (secondary N) is 1. The molecule has 1 aliphatic carbocycles. The van der Waals surface area contributed by atoms with Gasteiger partial charge in [-0.15, -0.1) is 0 Å². The Morgan fingerprint density at radius 1 is 1.38 bits per heavy atom. The number of carbonyl (C=O) groups is 1. The molecule has 2 heterocycles. The summed E-state index contributed by atoms with van der Waals surface area (Å²) >= 11 is 0. The van der Waals surface area contributed by atoms with Crippen LogP contribution in [0, 0.1) is 6.92 Å². The van der Waals surface area contributed by atoms with Gasteiger partial charge in [0.1, 0.15) is 11.3 Å². The molecule has 0 unspecified atom stereocenters. The zero-order valence-corrected chi connectivity index (χ0v) is 14.0. The zero-order chi connectivity index (χ0) is 16.7. The molecule has 0 radical (unpaired) electrons. The van der Waals surface area contributed by atoms with E-state index in [-0.39, 0.29) is 5.91 Å². The molecule has 24 heavy (non-hydrogen) atoms. The number of amides is 1. The van der Waals surface area contributed by atoms with Crippen molar-refractivity contribution >= 4 is 16.8 Å². The quantitative estimate of drug-likeness (QED) is 0.776. The predicted octanol–water partition coefficient (Wildman–Crippen LogP) is 3.83. The van der Waals surface area contributed by atoms with Gasteiger partial charge in [-0.05, 0) is 55.3 Å². The van der Waals surface area contributed by atoms with Gasteiger partial charge in [0.15, 0.2) is 0 Å². The van der Waals surface area contributed by atoms with E-state index in [0.717, 1.165) is 29.6 Å². The first kappa shape index (κ1) is 15.0. The van der Waals surface area contributed by atoms with Gasteiger partial charge in [0.05, 0.1) is 5.69 Å². The number of fused-ring (bicyclic) bond motifs is 1. The van der Waals surface area contributed by atoms with Crippen LogP contribution in [0.1, 0.15) is 47.1 Å². The van der Waals surface area contributed by atoms with Crippen molar-refractivity contribution in [3.63, 3.8) is 0 Å². The maximum atomic E-state index is 13.1. The maximum absolute atomic E-state index is 13.1. The lowest BCUT2D eigenvalue weighted by Crippen LogP contribution is -2.33. The van der Waals surface area contributed by atoms with Gasteiger partial charge in [-0.3, -0.25) is 4.79 Å². The number of hydrogen-bond acceptors (Lipinski definition) is 3. The number of aromatic nitrogens is 2. The Morgan fingerprint density at radius 2 is 2.21 bits per heavy atom. The number of aromatic amines is 1.